The Balaban J connectivity index is 1.61. The highest BCUT2D eigenvalue weighted by Gasteiger charge is 2.10. The van der Waals surface area contributed by atoms with Crippen molar-refractivity contribution in [3.63, 3.8) is 0 Å². The summed E-state index contributed by atoms with van der Waals surface area (Å²) in [6, 6.07) is 11.3. The first-order valence-corrected chi connectivity index (χ1v) is 7.99. The van der Waals surface area contributed by atoms with Gasteiger partial charge in [-0.3, -0.25) is 4.98 Å². The van der Waals surface area contributed by atoms with Crippen molar-refractivity contribution in [2.75, 3.05) is 6.61 Å². The number of rotatable bonds is 5. The molecule has 3 rings (SSSR count). The number of fused-ring (bicyclic) bond motifs is 1. The fourth-order valence-electron chi connectivity index (χ4n) is 2.36. The smallest absolute Gasteiger partial charge is 0.344 e. The fraction of sp³-hybridized carbons (Fsp3) is 0.158. The van der Waals surface area contributed by atoms with E-state index in [1.54, 1.807) is 42.6 Å². The average Bonchev–Trinajstić information content (AvgIpc) is 2.62. The normalized spacial score (nSPS) is 10.7. The summed E-state index contributed by atoms with van der Waals surface area (Å²) in [7, 11) is 0. The SMILES string of the molecule is Cc1cc(OCC(=O)OCc2ccc(F)c3cccnc23)ccc1Cl. The van der Waals surface area contributed by atoms with Crippen molar-refractivity contribution in [3.8, 4) is 5.75 Å². The van der Waals surface area contributed by atoms with Crippen LogP contribution >= 0.6 is 11.6 Å². The Morgan fingerprint density at radius 1 is 1.24 bits per heavy atom. The molecule has 0 fully saturated rings. The van der Waals surface area contributed by atoms with Crippen LogP contribution in [0.5, 0.6) is 5.75 Å². The highest BCUT2D eigenvalue weighted by molar-refractivity contribution is 6.31. The molecule has 1 aromatic heterocycles. The molecule has 1 heterocycles. The first-order chi connectivity index (χ1) is 12.0. The zero-order valence-electron chi connectivity index (χ0n) is 13.5. The van der Waals surface area contributed by atoms with E-state index in [9.17, 15) is 9.18 Å². The second-order valence-electron chi connectivity index (χ2n) is 5.47. The Morgan fingerprint density at radius 3 is 2.88 bits per heavy atom. The third-order valence-electron chi connectivity index (χ3n) is 3.67. The van der Waals surface area contributed by atoms with E-state index >= 15 is 0 Å². The molecule has 0 radical (unpaired) electrons. The summed E-state index contributed by atoms with van der Waals surface area (Å²) in [6.07, 6.45) is 1.57. The molecular formula is C19H15ClFNO3. The number of hydrogen-bond donors (Lipinski definition) is 0. The lowest BCUT2D eigenvalue weighted by molar-refractivity contribution is -0.147. The number of nitrogens with zero attached hydrogens (tertiary/aromatic N) is 1. The summed E-state index contributed by atoms with van der Waals surface area (Å²) < 4.78 is 24.3. The Labute approximate surface area is 149 Å². The van der Waals surface area contributed by atoms with Crippen LogP contribution in [0.25, 0.3) is 10.9 Å². The topological polar surface area (TPSA) is 48.4 Å². The van der Waals surface area contributed by atoms with Crippen molar-refractivity contribution in [1.29, 1.82) is 0 Å². The Hall–Kier alpha value is -2.66. The quantitative estimate of drug-likeness (QED) is 0.631. The van der Waals surface area contributed by atoms with E-state index < -0.39 is 5.97 Å². The Bertz CT molecular complexity index is 930. The lowest BCUT2D eigenvalue weighted by atomic mass is 10.1. The molecular weight excluding hydrogens is 345 g/mol. The largest absolute Gasteiger partial charge is 0.482 e. The van der Waals surface area contributed by atoms with Gasteiger partial charge in [0.15, 0.2) is 6.61 Å². The highest BCUT2D eigenvalue weighted by Crippen LogP contribution is 2.22. The van der Waals surface area contributed by atoms with E-state index in [1.807, 2.05) is 6.92 Å². The van der Waals surface area contributed by atoms with E-state index in [-0.39, 0.29) is 19.0 Å². The first kappa shape index (κ1) is 17.2. The molecule has 0 saturated heterocycles. The van der Waals surface area contributed by atoms with Crippen molar-refractivity contribution in [3.05, 3.63) is 70.6 Å². The van der Waals surface area contributed by atoms with E-state index in [2.05, 4.69) is 4.98 Å². The molecule has 0 amide bonds. The van der Waals surface area contributed by atoms with Crippen LogP contribution in [-0.4, -0.2) is 17.6 Å². The number of hydrogen-bond acceptors (Lipinski definition) is 4. The van der Waals surface area contributed by atoms with Gasteiger partial charge >= 0.3 is 5.97 Å². The summed E-state index contributed by atoms with van der Waals surface area (Å²) >= 11 is 5.94. The van der Waals surface area contributed by atoms with E-state index in [0.29, 0.717) is 27.2 Å². The molecule has 0 bridgehead atoms. The second kappa shape index (κ2) is 7.49. The molecule has 2 aromatic carbocycles. The minimum absolute atomic E-state index is 0.00433. The number of aryl methyl sites for hydroxylation is 1. The number of ether oxygens (including phenoxy) is 2. The molecule has 0 aliphatic carbocycles. The van der Waals surface area contributed by atoms with Gasteiger partial charge in [-0.05, 0) is 48.9 Å². The van der Waals surface area contributed by atoms with Crippen LogP contribution in [0.2, 0.25) is 5.02 Å². The third kappa shape index (κ3) is 4.06. The zero-order valence-corrected chi connectivity index (χ0v) is 14.2. The molecule has 4 nitrogen and oxygen atoms in total. The highest BCUT2D eigenvalue weighted by atomic mass is 35.5. The van der Waals surface area contributed by atoms with Crippen LogP contribution < -0.4 is 4.74 Å². The van der Waals surface area contributed by atoms with Crippen molar-refractivity contribution >= 4 is 28.5 Å². The number of aromatic nitrogens is 1. The van der Waals surface area contributed by atoms with Gasteiger partial charge in [0.2, 0.25) is 0 Å². The van der Waals surface area contributed by atoms with Crippen molar-refractivity contribution in [2.24, 2.45) is 0 Å². The minimum atomic E-state index is -0.527. The van der Waals surface area contributed by atoms with Crippen LogP contribution in [0.3, 0.4) is 0 Å². The van der Waals surface area contributed by atoms with Crippen LogP contribution in [0.15, 0.2) is 48.7 Å². The lowest BCUT2D eigenvalue weighted by Crippen LogP contribution is -2.15. The van der Waals surface area contributed by atoms with Gasteiger partial charge in [0.05, 0.1) is 5.52 Å². The summed E-state index contributed by atoms with van der Waals surface area (Å²) in [5.41, 5.74) is 1.97. The monoisotopic (exact) mass is 359 g/mol. The predicted octanol–water partition coefficient (Wildman–Crippen LogP) is 4.46. The van der Waals surface area contributed by atoms with Crippen molar-refractivity contribution in [1.82, 2.24) is 4.98 Å². The molecule has 0 saturated carbocycles. The Morgan fingerprint density at radius 2 is 2.08 bits per heavy atom. The second-order valence-corrected chi connectivity index (χ2v) is 5.87. The maximum atomic E-state index is 13.8. The molecule has 128 valence electrons. The van der Waals surface area contributed by atoms with Gasteiger partial charge in [-0.15, -0.1) is 0 Å². The number of benzene rings is 2. The minimum Gasteiger partial charge on any atom is -0.482 e. The molecule has 3 aromatic rings. The van der Waals surface area contributed by atoms with Crippen LogP contribution in [0, 0.1) is 12.7 Å². The fourth-order valence-corrected chi connectivity index (χ4v) is 2.48. The Kier molecular flexibility index (Phi) is 5.14. The summed E-state index contributed by atoms with van der Waals surface area (Å²) in [4.78, 5) is 16.0. The molecule has 6 heteroatoms. The number of halogens is 2. The van der Waals surface area contributed by atoms with E-state index in [1.165, 1.54) is 6.07 Å². The van der Waals surface area contributed by atoms with E-state index in [4.69, 9.17) is 21.1 Å². The standard InChI is InChI=1S/C19H15ClFNO3/c1-12-9-14(5-6-16(12)20)24-11-18(23)25-10-13-4-7-17(21)15-3-2-8-22-19(13)15/h2-9H,10-11H2,1H3. The van der Waals surface area contributed by atoms with Gasteiger partial charge in [-0.1, -0.05) is 17.7 Å². The third-order valence-corrected chi connectivity index (χ3v) is 4.10. The number of esters is 1. The summed E-state index contributed by atoms with van der Waals surface area (Å²) in [5.74, 6) is -0.353. The maximum Gasteiger partial charge on any atom is 0.344 e. The summed E-state index contributed by atoms with van der Waals surface area (Å²) in [5, 5.41) is 1.02. The van der Waals surface area contributed by atoms with Gasteiger partial charge in [-0.2, -0.15) is 0 Å². The number of carbonyl (C=O) groups excluding carboxylic acids is 1. The van der Waals surface area contributed by atoms with Crippen LogP contribution in [0.4, 0.5) is 4.39 Å². The predicted molar refractivity (Wildman–Crippen MR) is 93.2 cm³/mol. The van der Waals surface area contributed by atoms with Crippen LogP contribution in [0.1, 0.15) is 11.1 Å². The summed E-state index contributed by atoms with van der Waals surface area (Å²) in [6.45, 7) is 1.61. The van der Waals surface area contributed by atoms with E-state index in [0.717, 1.165) is 5.56 Å². The molecule has 0 atom stereocenters. The zero-order chi connectivity index (χ0) is 17.8. The lowest BCUT2D eigenvalue weighted by Gasteiger charge is -2.09. The average molecular weight is 360 g/mol. The van der Waals surface area contributed by atoms with Gasteiger partial charge in [0.25, 0.3) is 0 Å². The maximum absolute atomic E-state index is 13.8. The molecule has 0 unspecified atom stereocenters. The van der Waals surface area contributed by atoms with Crippen LogP contribution in [-0.2, 0) is 16.1 Å². The molecule has 0 N–H and O–H groups in total. The first-order valence-electron chi connectivity index (χ1n) is 7.61. The molecule has 25 heavy (non-hydrogen) atoms. The number of pyridine rings is 1. The molecule has 0 aliphatic rings. The van der Waals surface area contributed by atoms with Gasteiger partial charge in [-0.25, -0.2) is 9.18 Å². The van der Waals surface area contributed by atoms with Crippen molar-refractivity contribution in [2.45, 2.75) is 13.5 Å². The van der Waals surface area contributed by atoms with Crippen molar-refractivity contribution < 1.29 is 18.7 Å². The molecule has 0 spiro atoms. The van der Waals surface area contributed by atoms with Gasteiger partial charge in [0.1, 0.15) is 18.2 Å². The van der Waals surface area contributed by atoms with Gasteiger partial charge < -0.3 is 9.47 Å². The number of carbonyl (C=O) groups is 1. The van der Waals surface area contributed by atoms with Gasteiger partial charge in [0, 0.05) is 22.2 Å². The molecule has 0 aliphatic heterocycles.